The van der Waals surface area contributed by atoms with E-state index in [0.717, 1.165) is 24.1 Å². The van der Waals surface area contributed by atoms with Crippen molar-refractivity contribution >= 4 is 11.7 Å². The number of furan rings is 1. The van der Waals surface area contributed by atoms with E-state index in [9.17, 15) is 4.79 Å². The van der Waals surface area contributed by atoms with Gasteiger partial charge in [-0.25, -0.2) is 4.79 Å². The lowest BCUT2D eigenvalue weighted by atomic mass is 10.0. The molecule has 0 aliphatic rings. The molecule has 0 aliphatic heterocycles. The largest absolute Gasteiger partial charge is 0.475 e. The van der Waals surface area contributed by atoms with Crippen LogP contribution >= 0.6 is 0 Å². The topological polar surface area (TPSA) is 62.5 Å². The van der Waals surface area contributed by atoms with Gasteiger partial charge in [0, 0.05) is 17.8 Å². The Labute approximate surface area is 124 Å². The third-order valence-corrected chi connectivity index (χ3v) is 3.69. The Morgan fingerprint density at radius 3 is 2.29 bits per heavy atom. The summed E-state index contributed by atoms with van der Waals surface area (Å²) in [6, 6.07) is 7.90. The number of anilines is 1. The van der Waals surface area contributed by atoms with Crippen LogP contribution in [0.2, 0.25) is 0 Å². The summed E-state index contributed by atoms with van der Waals surface area (Å²) < 4.78 is 5.24. The van der Waals surface area contributed by atoms with E-state index in [1.807, 2.05) is 0 Å². The Hall–Kier alpha value is -2.23. The number of carbonyl (C=O) groups is 1. The van der Waals surface area contributed by atoms with Gasteiger partial charge in [0.2, 0.25) is 5.76 Å². The van der Waals surface area contributed by atoms with Gasteiger partial charge < -0.3 is 14.8 Å². The highest BCUT2D eigenvalue weighted by molar-refractivity contribution is 5.84. The normalized spacial score (nSPS) is 10.6. The monoisotopic (exact) mass is 287 g/mol. The molecule has 2 aromatic rings. The molecule has 1 aromatic carbocycles. The van der Waals surface area contributed by atoms with Crippen LogP contribution in [0.1, 0.15) is 46.9 Å². The average Bonchev–Trinajstić information content (AvgIpc) is 2.86. The summed E-state index contributed by atoms with van der Waals surface area (Å²) in [6.45, 7) is 6.61. The van der Waals surface area contributed by atoms with Crippen LogP contribution in [0.5, 0.6) is 0 Å². The first kappa shape index (κ1) is 15.2. The van der Waals surface area contributed by atoms with E-state index in [1.165, 1.54) is 11.1 Å². The van der Waals surface area contributed by atoms with Crippen LogP contribution in [0.3, 0.4) is 0 Å². The van der Waals surface area contributed by atoms with Crippen molar-refractivity contribution in [1.82, 2.24) is 0 Å². The molecule has 0 amide bonds. The van der Waals surface area contributed by atoms with Crippen LogP contribution in [0.25, 0.3) is 0 Å². The number of carboxylic acids is 1. The highest BCUT2D eigenvalue weighted by Crippen LogP contribution is 2.24. The average molecular weight is 287 g/mol. The minimum Gasteiger partial charge on any atom is -0.475 e. The number of rotatable bonds is 6. The van der Waals surface area contributed by atoms with Gasteiger partial charge in [0.05, 0.1) is 0 Å². The first-order valence-corrected chi connectivity index (χ1v) is 7.24. The zero-order valence-corrected chi connectivity index (χ0v) is 12.7. The van der Waals surface area contributed by atoms with Crippen molar-refractivity contribution in [2.75, 3.05) is 5.32 Å². The van der Waals surface area contributed by atoms with Gasteiger partial charge in [0.1, 0.15) is 5.76 Å². The van der Waals surface area contributed by atoms with Crippen molar-refractivity contribution in [1.29, 1.82) is 0 Å². The van der Waals surface area contributed by atoms with Crippen molar-refractivity contribution in [3.8, 4) is 0 Å². The van der Waals surface area contributed by atoms with Gasteiger partial charge in [-0.2, -0.15) is 0 Å². The maximum Gasteiger partial charge on any atom is 0.371 e. The second-order valence-electron chi connectivity index (χ2n) is 5.01. The minimum atomic E-state index is -1.03. The predicted octanol–water partition coefficient (Wildman–Crippen LogP) is 4.02. The summed E-state index contributed by atoms with van der Waals surface area (Å²) in [6.07, 6.45) is 1.92. The van der Waals surface area contributed by atoms with E-state index in [0.29, 0.717) is 12.3 Å². The predicted molar refractivity (Wildman–Crippen MR) is 82.9 cm³/mol. The number of hydrogen-bond acceptors (Lipinski definition) is 3. The zero-order chi connectivity index (χ0) is 15.4. The second kappa shape index (κ2) is 6.48. The molecule has 0 spiro atoms. The third-order valence-electron chi connectivity index (χ3n) is 3.69. The third kappa shape index (κ3) is 3.27. The molecule has 21 heavy (non-hydrogen) atoms. The van der Waals surface area contributed by atoms with Crippen molar-refractivity contribution in [2.24, 2.45) is 0 Å². The summed E-state index contributed by atoms with van der Waals surface area (Å²) in [4.78, 5) is 10.9. The Morgan fingerprint density at radius 1 is 1.19 bits per heavy atom. The summed E-state index contributed by atoms with van der Waals surface area (Å²) in [7, 11) is 0. The van der Waals surface area contributed by atoms with E-state index < -0.39 is 5.97 Å². The van der Waals surface area contributed by atoms with E-state index in [-0.39, 0.29) is 5.76 Å². The lowest BCUT2D eigenvalue weighted by Crippen LogP contribution is -2.05. The molecule has 112 valence electrons. The smallest absolute Gasteiger partial charge is 0.371 e. The molecule has 4 heteroatoms. The first-order chi connectivity index (χ1) is 10.1. The molecule has 2 rings (SSSR count). The van der Waals surface area contributed by atoms with Crippen molar-refractivity contribution in [3.63, 3.8) is 0 Å². The van der Waals surface area contributed by atoms with Crippen LogP contribution in [0.15, 0.2) is 28.7 Å². The van der Waals surface area contributed by atoms with Crippen molar-refractivity contribution in [3.05, 3.63) is 52.5 Å². The van der Waals surface area contributed by atoms with E-state index >= 15 is 0 Å². The van der Waals surface area contributed by atoms with Gasteiger partial charge in [-0.15, -0.1) is 0 Å². The quantitative estimate of drug-likeness (QED) is 0.842. The van der Waals surface area contributed by atoms with Crippen LogP contribution < -0.4 is 5.32 Å². The highest BCUT2D eigenvalue weighted by Gasteiger charge is 2.13. The first-order valence-electron chi connectivity index (χ1n) is 7.24. The van der Waals surface area contributed by atoms with Gasteiger partial charge in [0.25, 0.3) is 0 Å². The standard InChI is InChI=1S/C17H21NO3/c1-4-12-7-6-8-13(5-2)16(12)18-10-14-9-15(17(19)20)21-11(14)3/h6-9,18H,4-5,10H2,1-3H3,(H,19,20). The highest BCUT2D eigenvalue weighted by atomic mass is 16.4. The zero-order valence-electron chi connectivity index (χ0n) is 12.7. The van der Waals surface area contributed by atoms with Crippen LogP contribution in [-0.2, 0) is 19.4 Å². The fourth-order valence-electron chi connectivity index (χ4n) is 2.45. The molecule has 0 saturated carbocycles. The molecule has 1 heterocycles. The van der Waals surface area contributed by atoms with Gasteiger partial charge in [-0.3, -0.25) is 0 Å². The van der Waals surface area contributed by atoms with E-state index in [1.54, 1.807) is 13.0 Å². The van der Waals surface area contributed by atoms with Crippen LogP contribution in [0, 0.1) is 6.92 Å². The summed E-state index contributed by atoms with van der Waals surface area (Å²) in [5.41, 5.74) is 4.57. The summed E-state index contributed by atoms with van der Waals surface area (Å²) in [5.74, 6) is -0.400. The molecule has 4 nitrogen and oxygen atoms in total. The molecule has 2 N–H and O–H groups in total. The molecule has 0 bridgehead atoms. The van der Waals surface area contributed by atoms with Crippen molar-refractivity contribution < 1.29 is 14.3 Å². The Bertz CT molecular complexity index is 621. The molecular formula is C17H21NO3. The van der Waals surface area contributed by atoms with Gasteiger partial charge >= 0.3 is 5.97 Å². The lowest BCUT2D eigenvalue weighted by Gasteiger charge is -2.15. The number of para-hydroxylation sites is 1. The molecule has 0 radical (unpaired) electrons. The van der Waals surface area contributed by atoms with Gasteiger partial charge in [0.15, 0.2) is 0 Å². The number of aromatic carboxylic acids is 1. The molecular weight excluding hydrogens is 266 g/mol. The number of nitrogens with one attached hydrogen (secondary N) is 1. The SMILES string of the molecule is CCc1cccc(CC)c1NCc1cc(C(=O)O)oc1C. The Kier molecular flexibility index (Phi) is 4.68. The molecule has 0 atom stereocenters. The molecule has 0 saturated heterocycles. The molecule has 0 unspecified atom stereocenters. The molecule has 0 fully saturated rings. The van der Waals surface area contributed by atoms with Crippen LogP contribution in [-0.4, -0.2) is 11.1 Å². The van der Waals surface area contributed by atoms with Gasteiger partial charge in [-0.05, 0) is 37.0 Å². The maximum atomic E-state index is 10.9. The summed E-state index contributed by atoms with van der Waals surface area (Å²) in [5, 5.41) is 12.4. The fourth-order valence-corrected chi connectivity index (χ4v) is 2.45. The van der Waals surface area contributed by atoms with E-state index in [4.69, 9.17) is 9.52 Å². The lowest BCUT2D eigenvalue weighted by molar-refractivity contribution is 0.0661. The number of benzene rings is 1. The minimum absolute atomic E-state index is 0.0104. The van der Waals surface area contributed by atoms with Gasteiger partial charge in [-0.1, -0.05) is 32.0 Å². The molecule has 1 aromatic heterocycles. The Morgan fingerprint density at radius 2 is 1.81 bits per heavy atom. The summed E-state index contributed by atoms with van der Waals surface area (Å²) >= 11 is 0. The maximum absolute atomic E-state index is 10.9. The second-order valence-corrected chi connectivity index (χ2v) is 5.01. The van der Waals surface area contributed by atoms with Crippen LogP contribution in [0.4, 0.5) is 5.69 Å². The number of aryl methyl sites for hydroxylation is 3. The number of carboxylic acid groups (broad SMARTS) is 1. The number of hydrogen-bond donors (Lipinski definition) is 2. The molecule has 0 aliphatic carbocycles. The van der Waals surface area contributed by atoms with Crippen molar-refractivity contribution in [2.45, 2.75) is 40.2 Å². The van der Waals surface area contributed by atoms with E-state index in [2.05, 4.69) is 37.4 Å². The fraction of sp³-hybridized carbons (Fsp3) is 0.353. The Balaban J connectivity index is 2.22.